The van der Waals surface area contributed by atoms with Gasteiger partial charge in [0.15, 0.2) is 0 Å². The second kappa shape index (κ2) is 10.5. The number of hydrogen-bond acceptors (Lipinski definition) is 4. The van der Waals surface area contributed by atoms with Gasteiger partial charge in [-0.15, -0.1) is 0 Å². The maximum absolute atomic E-state index is 13.6. The minimum Gasteiger partial charge on any atom is -0.430 e. The molecule has 1 saturated heterocycles. The number of carbonyl (C=O) groups excluding carboxylic acids is 1. The van der Waals surface area contributed by atoms with E-state index in [2.05, 4.69) is 0 Å². The van der Waals surface area contributed by atoms with Crippen molar-refractivity contribution in [2.45, 2.75) is 31.2 Å². The van der Waals surface area contributed by atoms with Gasteiger partial charge in [-0.05, 0) is 41.5 Å². The Morgan fingerprint density at radius 3 is 2.05 bits per heavy atom. The maximum atomic E-state index is 13.6. The molecular weight excluding hydrogens is 507 g/mol. The standard InChI is InChI=1S/C26H20F7NO3/c27-21-8-6-17(7-9-21)22-24(36-11-10-34(22)15-16-4-2-1-3-5-16)37-23(35)18-12-19(25(28,29)30)14-20(13-18)26(31,32)33/h1-9,12-14,22,24H,10-11,15H2. The monoisotopic (exact) mass is 527 g/mol. The van der Waals surface area contributed by atoms with Crippen molar-refractivity contribution in [3.63, 3.8) is 0 Å². The zero-order valence-electron chi connectivity index (χ0n) is 19.0. The summed E-state index contributed by atoms with van der Waals surface area (Å²) in [4.78, 5) is 14.7. The van der Waals surface area contributed by atoms with Crippen LogP contribution in [-0.4, -0.2) is 30.3 Å². The van der Waals surface area contributed by atoms with Crippen molar-refractivity contribution in [1.29, 1.82) is 0 Å². The number of nitrogens with zero attached hydrogens (tertiary/aromatic N) is 1. The van der Waals surface area contributed by atoms with E-state index in [1.54, 1.807) is 0 Å². The van der Waals surface area contributed by atoms with Crippen molar-refractivity contribution in [1.82, 2.24) is 4.90 Å². The van der Waals surface area contributed by atoms with E-state index in [0.29, 0.717) is 30.8 Å². The van der Waals surface area contributed by atoms with Gasteiger partial charge in [-0.3, -0.25) is 4.90 Å². The highest BCUT2D eigenvalue weighted by Gasteiger charge is 2.40. The lowest BCUT2D eigenvalue weighted by atomic mass is 10.0. The van der Waals surface area contributed by atoms with Crippen LogP contribution >= 0.6 is 0 Å². The van der Waals surface area contributed by atoms with Crippen molar-refractivity contribution in [2.24, 2.45) is 0 Å². The Labute approximate surface area is 207 Å². The van der Waals surface area contributed by atoms with E-state index < -0.39 is 53.2 Å². The molecule has 2 unspecified atom stereocenters. The van der Waals surface area contributed by atoms with Crippen LogP contribution in [0.15, 0.2) is 72.8 Å². The summed E-state index contributed by atoms with van der Waals surface area (Å²) in [5.74, 6) is -1.94. The van der Waals surface area contributed by atoms with E-state index >= 15 is 0 Å². The summed E-state index contributed by atoms with van der Waals surface area (Å²) < 4.78 is 104. The van der Waals surface area contributed by atoms with Crippen LogP contribution in [0.5, 0.6) is 0 Å². The number of halogens is 7. The molecule has 3 aromatic rings. The summed E-state index contributed by atoms with van der Waals surface area (Å²) >= 11 is 0. The lowest BCUT2D eigenvalue weighted by molar-refractivity contribution is -0.186. The van der Waals surface area contributed by atoms with Crippen molar-refractivity contribution < 1.29 is 45.0 Å². The van der Waals surface area contributed by atoms with Crippen LogP contribution in [0.3, 0.4) is 0 Å². The molecule has 0 aliphatic carbocycles. The number of ether oxygens (including phenoxy) is 2. The van der Waals surface area contributed by atoms with Crippen molar-refractivity contribution in [2.75, 3.05) is 13.2 Å². The fourth-order valence-corrected chi connectivity index (χ4v) is 4.06. The third-order valence-corrected chi connectivity index (χ3v) is 5.80. The molecule has 11 heteroatoms. The van der Waals surface area contributed by atoms with Gasteiger partial charge in [0.05, 0.1) is 29.3 Å². The highest BCUT2D eigenvalue weighted by molar-refractivity contribution is 5.90. The van der Waals surface area contributed by atoms with E-state index in [-0.39, 0.29) is 12.7 Å². The Balaban J connectivity index is 1.67. The Hall–Kier alpha value is -3.44. The molecule has 2 atom stereocenters. The molecule has 1 fully saturated rings. The number of carbonyl (C=O) groups is 1. The highest BCUT2D eigenvalue weighted by atomic mass is 19.4. The number of hydrogen-bond donors (Lipinski definition) is 0. The van der Waals surface area contributed by atoms with E-state index in [0.717, 1.165) is 5.56 Å². The number of morpholine rings is 1. The molecule has 196 valence electrons. The van der Waals surface area contributed by atoms with Gasteiger partial charge in [0.1, 0.15) is 5.82 Å². The first-order chi connectivity index (χ1) is 17.4. The van der Waals surface area contributed by atoms with E-state index in [4.69, 9.17) is 9.47 Å². The Kier molecular flexibility index (Phi) is 7.56. The van der Waals surface area contributed by atoms with Crippen LogP contribution in [0, 0.1) is 5.82 Å². The number of benzene rings is 3. The molecule has 4 nitrogen and oxygen atoms in total. The summed E-state index contributed by atoms with van der Waals surface area (Å²) in [7, 11) is 0. The van der Waals surface area contributed by atoms with Gasteiger partial charge < -0.3 is 9.47 Å². The quantitative estimate of drug-likeness (QED) is 0.276. The molecular formula is C26H20F7NO3. The van der Waals surface area contributed by atoms with Crippen LogP contribution in [0.1, 0.15) is 38.7 Å². The maximum Gasteiger partial charge on any atom is 0.416 e. The average molecular weight is 527 g/mol. The van der Waals surface area contributed by atoms with E-state index in [1.807, 2.05) is 35.2 Å². The second-order valence-electron chi connectivity index (χ2n) is 8.39. The van der Waals surface area contributed by atoms with Crippen LogP contribution in [0.25, 0.3) is 0 Å². The fraction of sp³-hybridized carbons (Fsp3) is 0.269. The molecule has 0 spiro atoms. The van der Waals surface area contributed by atoms with Gasteiger partial charge in [-0.1, -0.05) is 42.5 Å². The van der Waals surface area contributed by atoms with E-state index in [1.165, 1.54) is 24.3 Å². The zero-order chi connectivity index (χ0) is 26.8. The second-order valence-corrected chi connectivity index (χ2v) is 8.39. The Morgan fingerprint density at radius 1 is 0.892 bits per heavy atom. The predicted molar refractivity (Wildman–Crippen MR) is 118 cm³/mol. The molecule has 4 rings (SSSR count). The SMILES string of the molecule is O=C(OC1OCCN(Cc2ccccc2)C1c1ccc(F)cc1)c1cc(C(F)(F)F)cc(C(F)(F)F)c1. The van der Waals surface area contributed by atoms with Gasteiger partial charge >= 0.3 is 18.3 Å². The van der Waals surface area contributed by atoms with Crippen molar-refractivity contribution in [3.8, 4) is 0 Å². The summed E-state index contributed by atoms with van der Waals surface area (Å²) in [5.41, 5.74) is -2.83. The minimum atomic E-state index is -5.12. The number of rotatable bonds is 5. The van der Waals surface area contributed by atoms with E-state index in [9.17, 15) is 35.5 Å². The number of esters is 1. The molecule has 0 radical (unpaired) electrons. The molecule has 3 aromatic carbocycles. The third kappa shape index (κ3) is 6.47. The first-order valence-electron chi connectivity index (χ1n) is 11.1. The van der Waals surface area contributed by atoms with Gasteiger partial charge in [-0.2, -0.15) is 26.3 Å². The average Bonchev–Trinajstić information content (AvgIpc) is 2.84. The van der Waals surface area contributed by atoms with Crippen molar-refractivity contribution >= 4 is 5.97 Å². The lowest BCUT2D eigenvalue weighted by Gasteiger charge is -2.40. The van der Waals surface area contributed by atoms with Gasteiger partial charge in [0.2, 0.25) is 6.29 Å². The molecule has 0 N–H and O–H groups in total. The molecule has 0 amide bonds. The molecule has 1 aliphatic heterocycles. The molecule has 1 aliphatic rings. The van der Waals surface area contributed by atoms with Crippen LogP contribution < -0.4 is 0 Å². The first kappa shape index (κ1) is 26.6. The largest absolute Gasteiger partial charge is 0.430 e. The minimum absolute atomic E-state index is 0.0683. The summed E-state index contributed by atoms with van der Waals surface area (Å²) in [6, 6.07) is 14.2. The van der Waals surface area contributed by atoms with Crippen LogP contribution in [-0.2, 0) is 28.4 Å². The topological polar surface area (TPSA) is 38.8 Å². The van der Waals surface area contributed by atoms with Crippen molar-refractivity contribution in [3.05, 3.63) is 106 Å². The summed E-state index contributed by atoms with van der Waals surface area (Å²) in [5, 5.41) is 0. The van der Waals surface area contributed by atoms with Gasteiger partial charge in [0.25, 0.3) is 0 Å². The fourth-order valence-electron chi connectivity index (χ4n) is 4.06. The highest BCUT2D eigenvalue weighted by Crippen LogP contribution is 2.37. The molecule has 0 aromatic heterocycles. The molecule has 37 heavy (non-hydrogen) atoms. The van der Waals surface area contributed by atoms with Gasteiger partial charge in [0, 0.05) is 13.1 Å². The number of alkyl halides is 6. The zero-order valence-corrected chi connectivity index (χ0v) is 19.0. The summed E-state index contributed by atoms with van der Waals surface area (Å²) in [6.07, 6.45) is -11.6. The van der Waals surface area contributed by atoms with Crippen LogP contribution in [0.4, 0.5) is 30.7 Å². The van der Waals surface area contributed by atoms with Crippen LogP contribution in [0.2, 0.25) is 0 Å². The third-order valence-electron chi connectivity index (χ3n) is 5.80. The molecule has 0 saturated carbocycles. The predicted octanol–water partition coefficient (Wildman–Crippen LogP) is 6.62. The van der Waals surface area contributed by atoms with Gasteiger partial charge in [-0.25, -0.2) is 9.18 Å². The first-order valence-corrected chi connectivity index (χ1v) is 11.1. The molecule has 1 heterocycles. The lowest BCUT2D eigenvalue weighted by Crippen LogP contribution is -2.46. The summed E-state index contributed by atoms with van der Waals surface area (Å²) in [6.45, 7) is 0.799. The Morgan fingerprint density at radius 2 is 1.49 bits per heavy atom. The molecule has 0 bridgehead atoms. The smallest absolute Gasteiger partial charge is 0.416 e. The Bertz CT molecular complexity index is 1200. The normalized spacial score (nSPS) is 19.0.